The van der Waals surface area contributed by atoms with Crippen LogP contribution in [0.25, 0.3) is 0 Å². The third-order valence-electron chi connectivity index (χ3n) is 5.21. The summed E-state index contributed by atoms with van der Waals surface area (Å²) in [5.41, 5.74) is 0.938. The van der Waals surface area contributed by atoms with Gasteiger partial charge in [-0.2, -0.15) is 0 Å². The van der Waals surface area contributed by atoms with Crippen LogP contribution < -0.4 is 0 Å². The van der Waals surface area contributed by atoms with Crippen molar-refractivity contribution in [2.45, 2.75) is 31.7 Å². The number of carbonyl (C=O) groups is 1. The van der Waals surface area contributed by atoms with Gasteiger partial charge in [0.25, 0.3) is 0 Å². The second-order valence-corrected chi connectivity index (χ2v) is 6.61. The van der Waals surface area contributed by atoms with Crippen LogP contribution in [0.4, 0.5) is 4.39 Å². The van der Waals surface area contributed by atoms with E-state index < -0.39 is 0 Å². The van der Waals surface area contributed by atoms with Crippen LogP contribution in [0.2, 0.25) is 0 Å². The fourth-order valence-corrected chi connectivity index (χ4v) is 3.62. The molecule has 1 heterocycles. The highest BCUT2D eigenvalue weighted by Crippen LogP contribution is 2.48. The van der Waals surface area contributed by atoms with Gasteiger partial charge >= 0.3 is 0 Å². The van der Waals surface area contributed by atoms with Crippen molar-refractivity contribution < 1.29 is 14.3 Å². The van der Waals surface area contributed by atoms with Gasteiger partial charge in [-0.15, -0.1) is 0 Å². The quantitative estimate of drug-likeness (QED) is 0.900. The fraction of sp³-hybridized carbons (Fsp3) is 0.611. The van der Waals surface area contributed by atoms with Crippen LogP contribution in [0, 0.1) is 11.7 Å². The third kappa shape index (κ3) is 3.56. The van der Waals surface area contributed by atoms with Crippen molar-refractivity contribution in [1.82, 2.24) is 9.80 Å². The van der Waals surface area contributed by atoms with Gasteiger partial charge in [-0.05, 0) is 36.5 Å². The molecular formula is C18H25FN2O2. The maximum atomic E-state index is 13.3. The molecule has 0 aromatic heterocycles. The van der Waals surface area contributed by atoms with E-state index in [1.165, 1.54) is 6.07 Å². The SMILES string of the molecule is CCC(CO)N1CCN(C(=O)C2CC2c2cccc(F)c2)CC1. The average molecular weight is 320 g/mol. The van der Waals surface area contributed by atoms with Crippen LogP contribution in [0.15, 0.2) is 24.3 Å². The maximum absolute atomic E-state index is 13.3. The molecule has 2 aliphatic rings. The summed E-state index contributed by atoms with van der Waals surface area (Å²) in [7, 11) is 0. The number of hydrogen-bond acceptors (Lipinski definition) is 3. The van der Waals surface area contributed by atoms with Crippen LogP contribution in [0.1, 0.15) is 31.2 Å². The molecule has 5 heteroatoms. The number of rotatable bonds is 5. The number of aliphatic hydroxyl groups excluding tert-OH is 1. The van der Waals surface area contributed by atoms with Gasteiger partial charge in [0.2, 0.25) is 5.91 Å². The van der Waals surface area contributed by atoms with E-state index >= 15 is 0 Å². The Labute approximate surface area is 136 Å². The third-order valence-corrected chi connectivity index (χ3v) is 5.21. The summed E-state index contributed by atoms with van der Waals surface area (Å²) in [5.74, 6) is 0.167. The molecule has 1 N–H and O–H groups in total. The highest BCUT2D eigenvalue weighted by atomic mass is 19.1. The van der Waals surface area contributed by atoms with E-state index in [4.69, 9.17) is 0 Å². The topological polar surface area (TPSA) is 43.8 Å². The number of carbonyl (C=O) groups excluding carboxylic acids is 1. The van der Waals surface area contributed by atoms with E-state index in [1.54, 1.807) is 12.1 Å². The molecule has 3 unspecified atom stereocenters. The molecule has 3 atom stereocenters. The van der Waals surface area contributed by atoms with Crippen LogP contribution in [0.3, 0.4) is 0 Å². The first-order chi connectivity index (χ1) is 11.1. The van der Waals surface area contributed by atoms with Crippen molar-refractivity contribution in [1.29, 1.82) is 0 Å². The lowest BCUT2D eigenvalue weighted by Gasteiger charge is -2.38. The lowest BCUT2D eigenvalue weighted by molar-refractivity contribution is -0.134. The van der Waals surface area contributed by atoms with E-state index in [2.05, 4.69) is 11.8 Å². The van der Waals surface area contributed by atoms with E-state index in [1.807, 2.05) is 11.0 Å². The first-order valence-corrected chi connectivity index (χ1v) is 8.53. The minimum absolute atomic E-state index is 0.0168. The van der Waals surface area contributed by atoms with Crippen molar-refractivity contribution >= 4 is 5.91 Å². The van der Waals surface area contributed by atoms with E-state index in [0.29, 0.717) is 0 Å². The molecule has 0 bridgehead atoms. The Kier molecular flexibility index (Phi) is 4.97. The molecule has 126 valence electrons. The molecule has 1 aromatic rings. The molecule has 4 nitrogen and oxygen atoms in total. The summed E-state index contributed by atoms with van der Waals surface area (Å²) in [6.45, 7) is 5.34. The van der Waals surface area contributed by atoms with Gasteiger partial charge in [0.05, 0.1) is 6.61 Å². The molecule has 3 rings (SSSR count). The zero-order valence-electron chi connectivity index (χ0n) is 13.6. The molecule has 1 aliphatic carbocycles. The molecule has 1 saturated carbocycles. The van der Waals surface area contributed by atoms with Gasteiger partial charge in [-0.3, -0.25) is 9.69 Å². The second kappa shape index (κ2) is 6.97. The molecule has 0 spiro atoms. The Hall–Kier alpha value is -1.46. The smallest absolute Gasteiger partial charge is 0.226 e. The molecule has 1 saturated heterocycles. The Morgan fingerprint density at radius 2 is 2.09 bits per heavy atom. The van der Waals surface area contributed by atoms with Crippen LogP contribution in [0.5, 0.6) is 0 Å². The maximum Gasteiger partial charge on any atom is 0.226 e. The van der Waals surface area contributed by atoms with Gasteiger partial charge < -0.3 is 10.0 Å². The number of hydrogen-bond donors (Lipinski definition) is 1. The van der Waals surface area contributed by atoms with Crippen molar-refractivity contribution in [3.8, 4) is 0 Å². The molecule has 1 amide bonds. The highest BCUT2D eigenvalue weighted by molar-refractivity contribution is 5.83. The summed E-state index contributed by atoms with van der Waals surface area (Å²) in [6, 6.07) is 6.80. The molecular weight excluding hydrogens is 295 g/mol. The Morgan fingerprint density at radius 1 is 1.35 bits per heavy atom. The highest BCUT2D eigenvalue weighted by Gasteiger charge is 2.46. The van der Waals surface area contributed by atoms with Crippen molar-refractivity contribution in [2.24, 2.45) is 5.92 Å². The monoisotopic (exact) mass is 320 g/mol. The number of aliphatic hydroxyl groups is 1. The van der Waals surface area contributed by atoms with Crippen LogP contribution in [-0.4, -0.2) is 59.6 Å². The van der Waals surface area contributed by atoms with Gasteiger partial charge in [0.15, 0.2) is 0 Å². The van der Waals surface area contributed by atoms with Gasteiger partial charge in [0, 0.05) is 38.1 Å². The number of amides is 1. The largest absolute Gasteiger partial charge is 0.395 e. The van der Waals surface area contributed by atoms with Gasteiger partial charge in [0.1, 0.15) is 5.82 Å². The number of nitrogens with zero attached hydrogens (tertiary/aromatic N) is 2. The normalized spacial score (nSPS) is 26.1. The number of piperazine rings is 1. The van der Waals surface area contributed by atoms with Crippen LogP contribution in [-0.2, 0) is 4.79 Å². The minimum atomic E-state index is -0.233. The predicted molar refractivity (Wildman–Crippen MR) is 86.6 cm³/mol. The minimum Gasteiger partial charge on any atom is -0.395 e. The van der Waals surface area contributed by atoms with Gasteiger partial charge in [-0.1, -0.05) is 19.1 Å². The molecule has 1 aliphatic heterocycles. The average Bonchev–Trinajstić information content (AvgIpc) is 3.37. The summed E-state index contributed by atoms with van der Waals surface area (Å²) in [6.07, 6.45) is 1.76. The lowest BCUT2D eigenvalue weighted by Crippen LogP contribution is -2.53. The van der Waals surface area contributed by atoms with Crippen molar-refractivity contribution in [3.05, 3.63) is 35.6 Å². The van der Waals surface area contributed by atoms with Crippen molar-refractivity contribution in [2.75, 3.05) is 32.8 Å². The van der Waals surface area contributed by atoms with E-state index in [9.17, 15) is 14.3 Å². The zero-order chi connectivity index (χ0) is 16.4. The Morgan fingerprint density at radius 3 is 2.70 bits per heavy atom. The fourth-order valence-electron chi connectivity index (χ4n) is 3.62. The van der Waals surface area contributed by atoms with Gasteiger partial charge in [-0.25, -0.2) is 4.39 Å². The molecule has 0 radical (unpaired) electrons. The first-order valence-electron chi connectivity index (χ1n) is 8.53. The molecule has 1 aromatic carbocycles. The standard InChI is InChI=1S/C18H25FN2O2/c1-2-15(12-22)20-6-8-21(9-7-20)18(23)17-11-16(17)13-4-3-5-14(19)10-13/h3-5,10,15-17,22H,2,6-9,11-12H2,1H3. The number of halogens is 1. The summed E-state index contributed by atoms with van der Waals surface area (Å²) in [5, 5.41) is 9.38. The van der Waals surface area contributed by atoms with Crippen LogP contribution >= 0.6 is 0 Å². The first kappa shape index (κ1) is 16.4. The summed E-state index contributed by atoms with van der Waals surface area (Å²) >= 11 is 0. The van der Waals surface area contributed by atoms with E-state index in [0.717, 1.165) is 44.6 Å². The molecule has 23 heavy (non-hydrogen) atoms. The summed E-state index contributed by atoms with van der Waals surface area (Å²) in [4.78, 5) is 16.8. The summed E-state index contributed by atoms with van der Waals surface area (Å²) < 4.78 is 13.3. The predicted octanol–water partition coefficient (Wildman–Crippen LogP) is 1.84. The number of benzene rings is 1. The van der Waals surface area contributed by atoms with E-state index in [-0.39, 0.29) is 36.2 Å². The second-order valence-electron chi connectivity index (χ2n) is 6.61. The Bertz CT molecular complexity index is 554. The molecule has 2 fully saturated rings. The van der Waals surface area contributed by atoms with Crippen molar-refractivity contribution in [3.63, 3.8) is 0 Å². The zero-order valence-corrected chi connectivity index (χ0v) is 13.6. The lowest BCUT2D eigenvalue weighted by atomic mass is 10.1. The Balaban J connectivity index is 1.53.